The van der Waals surface area contributed by atoms with Gasteiger partial charge < -0.3 is 15.0 Å². The molecule has 1 saturated heterocycles. The SMILES string of the molecule is CNC(=O)C1(COC)CCCN1C(=O)Cc1ccc(F)cc1Cl. The predicted molar refractivity (Wildman–Crippen MR) is 84.7 cm³/mol. The number of amides is 2. The van der Waals surface area contributed by atoms with Gasteiger partial charge in [-0.15, -0.1) is 0 Å². The highest BCUT2D eigenvalue weighted by Gasteiger charge is 2.49. The predicted octanol–water partition coefficient (Wildman–Crippen LogP) is 1.78. The normalized spacial score (nSPS) is 20.6. The number of hydrogen-bond acceptors (Lipinski definition) is 3. The molecule has 2 amide bonds. The van der Waals surface area contributed by atoms with Crippen LogP contribution in [-0.4, -0.2) is 49.6 Å². The first-order chi connectivity index (χ1) is 10.9. The third kappa shape index (κ3) is 3.48. The van der Waals surface area contributed by atoms with E-state index in [0.717, 1.165) is 6.42 Å². The summed E-state index contributed by atoms with van der Waals surface area (Å²) >= 11 is 5.99. The van der Waals surface area contributed by atoms with Crippen molar-refractivity contribution in [1.29, 1.82) is 0 Å². The van der Waals surface area contributed by atoms with E-state index in [1.807, 2.05) is 0 Å². The smallest absolute Gasteiger partial charge is 0.248 e. The largest absolute Gasteiger partial charge is 0.382 e. The van der Waals surface area contributed by atoms with Crippen LogP contribution in [0.3, 0.4) is 0 Å². The number of benzene rings is 1. The van der Waals surface area contributed by atoms with Crippen LogP contribution in [0, 0.1) is 5.82 Å². The monoisotopic (exact) mass is 342 g/mol. The van der Waals surface area contributed by atoms with Crippen LogP contribution in [0.2, 0.25) is 5.02 Å². The van der Waals surface area contributed by atoms with Crippen molar-refractivity contribution in [3.05, 3.63) is 34.6 Å². The topological polar surface area (TPSA) is 58.6 Å². The van der Waals surface area contributed by atoms with Crippen molar-refractivity contribution in [3.8, 4) is 0 Å². The average molecular weight is 343 g/mol. The van der Waals surface area contributed by atoms with E-state index in [-0.39, 0.29) is 29.9 Å². The number of rotatable bonds is 5. The van der Waals surface area contributed by atoms with Crippen LogP contribution in [0.15, 0.2) is 18.2 Å². The van der Waals surface area contributed by atoms with Crippen LogP contribution >= 0.6 is 11.6 Å². The summed E-state index contributed by atoms with van der Waals surface area (Å²) in [6, 6.07) is 3.93. The highest BCUT2D eigenvalue weighted by Crippen LogP contribution is 2.31. The second kappa shape index (κ2) is 7.27. The average Bonchev–Trinajstić information content (AvgIpc) is 2.94. The fourth-order valence-corrected chi connectivity index (χ4v) is 3.32. The quantitative estimate of drug-likeness (QED) is 0.887. The van der Waals surface area contributed by atoms with Crippen molar-refractivity contribution in [2.24, 2.45) is 0 Å². The van der Waals surface area contributed by atoms with Gasteiger partial charge in [-0.05, 0) is 30.5 Å². The summed E-state index contributed by atoms with van der Waals surface area (Å²) in [5.74, 6) is -0.918. The van der Waals surface area contributed by atoms with Crippen molar-refractivity contribution in [1.82, 2.24) is 10.2 Å². The molecule has 1 atom stereocenters. The molecule has 1 fully saturated rings. The first-order valence-electron chi connectivity index (χ1n) is 7.40. The maximum Gasteiger partial charge on any atom is 0.248 e. The Hall–Kier alpha value is -1.66. The molecule has 1 aliphatic rings. The Bertz CT molecular complexity index is 611. The van der Waals surface area contributed by atoms with Crippen LogP contribution < -0.4 is 5.32 Å². The first-order valence-corrected chi connectivity index (χ1v) is 7.78. The Morgan fingerprint density at radius 2 is 2.22 bits per heavy atom. The Kier molecular flexibility index (Phi) is 5.59. The number of hydrogen-bond donors (Lipinski definition) is 1. The molecule has 7 heteroatoms. The van der Waals surface area contributed by atoms with Crippen LogP contribution in [0.4, 0.5) is 4.39 Å². The Labute approximate surface area is 139 Å². The van der Waals surface area contributed by atoms with Gasteiger partial charge in [0.25, 0.3) is 0 Å². The second-order valence-corrected chi connectivity index (χ2v) is 6.01. The standard InChI is InChI=1S/C16H20ClFN2O3/c1-19-15(22)16(10-23-2)6-3-7-20(16)14(21)8-11-4-5-12(18)9-13(11)17/h4-5,9H,3,6-8,10H2,1-2H3,(H,19,22). The van der Waals surface area contributed by atoms with Gasteiger partial charge in [0.15, 0.2) is 0 Å². The number of carbonyl (C=O) groups excluding carboxylic acids is 2. The first kappa shape index (κ1) is 17.7. The Balaban J connectivity index is 2.24. The van der Waals surface area contributed by atoms with Gasteiger partial charge in [-0.1, -0.05) is 17.7 Å². The lowest BCUT2D eigenvalue weighted by atomic mass is 9.95. The molecular formula is C16H20ClFN2O3. The molecule has 0 aliphatic carbocycles. The Morgan fingerprint density at radius 1 is 1.48 bits per heavy atom. The molecule has 126 valence electrons. The zero-order chi connectivity index (χ0) is 17.0. The van der Waals surface area contributed by atoms with Crippen molar-refractivity contribution >= 4 is 23.4 Å². The molecule has 1 N–H and O–H groups in total. The van der Waals surface area contributed by atoms with Crippen molar-refractivity contribution in [2.75, 3.05) is 27.3 Å². The molecule has 1 unspecified atom stereocenters. The van der Waals surface area contributed by atoms with E-state index in [4.69, 9.17) is 16.3 Å². The molecule has 5 nitrogen and oxygen atoms in total. The van der Waals surface area contributed by atoms with E-state index in [2.05, 4.69) is 5.32 Å². The molecular weight excluding hydrogens is 323 g/mol. The third-order valence-corrected chi connectivity index (χ3v) is 4.53. The van der Waals surface area contributed by atoms with E-state index in [1.54, 1.807) is 4.90 Å². The summed E-state index contributed by atoms with van der Waals surface area (Å²) in [4.78, 5) is 26.6. The number of halogens is 2. The van der Waals surface area contributed by atoms with Crippen molar-refractivity contribution in [2.45, 2.75) is 24.8 Å². The van der Waals surface area contributed by atoms with Gasteiger partial charge in [0.1, 0.15) is 11.4 Å². The number of nitrogens with one attached hydrogen (secondary N) is 1. The minimum absolute atomic E-state index is 0.0154. The summed E-state index contributed by atoms with van der Waals surface area (Å²) in [5, 5.41) is 2.82. The maximum atomic E-state index is 13.1. The number of methoxy groups -OCH3 is 1. The van der Waals surface area contributed by atoms with E-state index >= 15 is 0 Å². The zero-order valence-corrected chi connectivity index (χ0v) is 14.0. The molecule has 0 saturated carbocycles. The fraction of sp³-hybridized carbons (Fsp3) is 0.500. The van der Waals surface area contributed by atoms with Gasteiger partial charge in [0.2, 0.25) is 11.8 Å². The Morgan fingerprint density at radius 3 is 2.83 bits per heavy atom. The number of likely N-dealkylation sites (tertiary alicyclic amines) is 1. The number of likely N-dealkylation sites (N-methyl/N-ethyl adjacent to an activating group) is 1. The van der Waals surface area contributed by atoms with Gasteiger partial charge in [-0.2, -0.15) is 0 Å². The number of ether oxygens (including phenoxy) is 1. The highest BCUT2D eigenvalue weighted by molar-refractivity contribution is 6.31. The van der Waals surface area contributed by atoms with Gasteiger partial charge in [-0.3, -0.25) is 9.59 Å². The van der Waals surface area contributed by atoms with Crippen LogP contribution in [0.1, 0.15) is 18.4 Å². The highest BCUT2D eigenvalue weighted by atomic mass is 35.5. The summed E-state index contributed by atoms with van der Waals surface area (Å²) in [7, 11) is 3.04. The van der Waals surface area contributed by atoms with E-state index in [1.165, 1.54) is 32.4 Å². The summed E-state index contributed by atoms with van der Waals surface area (Å²) < 4.78 is 18.3. The van der Waals surface area contributed by atoms with Gasteiger partial charge >= 0.3 is 0 Å². The molecule has 1 heterocycles. The van der Waals surface area contributed by atoms with Crippen LogP contribution in [0.5, 0.6) is 0 Å². The minimum Gasteiger partial charge on any atom is -0.382 e. The molecule has 23 heavy (non-hydrogen) atoms. The summed E-state index contributed by atoms with van der Waals surface area (Å²) in [5.41, 5.74) is -0.458. The van der Waals surface area contributed by atoms with E-state index in [0.29, 0.717) is 18.5 Å². The van der Waals surface area contributed by atoms with E-state index in [9.17, 15) is 14.0 Å². The summed E-state index contributed by atoms with van der Waals surface area (Å²) in [6.07, 6.45) is 1.28. The molecule has 0 spiro atoms. The third-order valence-electron chi connectivity index (χ3n) is 4.18. The minimum atomic E-state index is -0.993. The lowest BCUT2D eigenvalue weighted by Crippen LogP contribution is -2.59. The molecule has 0 bridgehead atoms. The van der Waals surface area contributed by atoms with Crippen molar-refractivity contribution in [3.63, 3.8) is 0 Å². The molecule has 2 rings (SSSR count). The van der Waals surface area contributed by atoms with Gasteiger partial charge in [-0.25, -0.2) is 4.39 Å². The zero-order valence-electron chi connectivity index (χ0n) is 13.2. The van der Waals surface area contributed by atoms with E-state index < -0.39 is 11.4 Å². The van der Waals surface area contributed by atoms with Crippen molar-refractivity contribution < 1.29 is 18.7 Å². The van der Waals surface area contributed by atoms with Crippen LogP contribution in [0.25, 0.3) is 0 Å². The maximum absolute atomic E-state index is 13.1. The van der Waals surface area contributed by atoms with Gasteiger partial charge in [0.05, 0.1) is 13.0 Å². The van der Waals surface area contributed by atoms with Gasteiger partial charge in [0, 0.05) is 25.7 Å². The molecule has 0 radical (unpaired) electrons. The lowest BCUT2D eigenvalue weighted by Gasteiger charge is -2.36. The fourth-order valence-electron chi connectivity index (χ4n) is 3.09. The molecule has 1 aromatic rings. The molecule has 1 aliphatic heterocycles. The summed E-state index contributed by atoms with van der Waals surface area (Å²) in [6.45, 7) is 0.615. The molecule has 0 aromatic heterocycles. The number of nitrogens with zero attached hydrogens (tertiary/aromatic N) is 1. The second-order valence-electron chi connectivity index (χ2n) is 5.61. The lowest BCUT2D eigenvalue weighted by molar-refractivity contribution is -0.147. The van der Waals surface area contributed by atoms with Crippen LogP contribution in [-0.2, 0) is 20.7 Å². The number of carbonyl (C=O) groups is 2. The molecule has 1 aromatic carbocycles.